The van der Waals surface area contributed by atoms with Crippen LogP contribution in [0.4, 0.5) is 9.59 Å². The Morgan fingerprint density at radius 2 is 0.977 bits per heavy atom. The second-order valence-corrected chi connectivity index (χ2v) is 15.0. The van der Waals surface area contributed by atoms with Crippen LogP contribution in [-0.4, -0.2) is 82.8 Å². The van der Waals surface area contributed by atoms with Crippen LogP contribution in [0.2, 0.25) is 0 Å². The summed E-state index contributed by atoms with van der Waals surface area (Å²) in [5, 5.41) is 28.5. The zero-order chi connectivity index (χ0) is 34.7. The molecule has 0 saturated heterocycles. The van der Waals surface area contributed by atoms with Crippen LogP contribution in [-0.2, 0) is 19.1 Å². The normalized spacial score (nSPS) is 15.8. The Labute approximate surface area is 264 Å². The number of nitrogens with one attached hydrogen (secondary N) is 4. The molecule has 0 aliphatic rings. The van der Waals surface area contributed by atoms with Crippen LogP contribution in [0.5, 0.6) is 0 Å². The first-order valence-electron chi connectivity index (χ1n) is 15.3. The van der Waals surface area contributed by atoms with Gasteiger partial charge >= 0.3 is 12.2 Å². The number of ether oxygens (including phenoxy) is 2. The Balaban J connectivity index is 5.05. The molecule has 0 aromatic rings. The molecule has 0 aliphatic heterocycles. The maximum absolute atomic E-state index is 13.0. The zero-order valence-electron chi connectivity index (χ0n) is 29.2. The third-order valence-corrected chi connectivity index (χ3v) is 6.91. The highest BCUT2D eigenvalue weighted by Gasteiger charge is 2.47. The van der Waals surface area contributed by atoms with Crippen molar-refractivity contribution in [3.8, 4) is 0 Å². The lowest BCUT2D eigenvalue weighted by atomic mass is 9.60. The van der Waals surface area contributed by atoms with Gasteiger partial charge in [0.25, 0.3) is 0 Å². The van der Waals surface area contributed by atoms with Crippen LogP contribution in [0.1, 0.15) is 103 Å². The molecular weight excluding hydrogens is 568 g/mol. The maximum Gasteiger partial charge on any atom is 0.405 e. The molecule has 0 heterocycles. The molecule has 0 rings (SSSR count). The number of carbonyl (C=O) groups excluding carboxylic acids is 2. The van der Waals surface area contributed by atoms with Crippen LogP contribution in [0.15, 0.2) is 12.2 Å². The molecule has 0 radical (unpaired) electrons. The molecule has 0 bridgehead atoms. The number of carboxylic acid groups (broad SMARTS) is 2. The largest absolute Gasteiger partial charge is 0.465 e. The number of carbonyl (C=O) groups is 4. The van der Waals surface area contributed by atoms with Crippen molar-refractivity contribution in [1.82, 2.24) is 21.3 Å². The summed E-state index contributed by atoms with van der Waals surface area (Å²) in [6.45, 7) is 26.2. The van der Waals surface area contributed by atoms with Crippen LogP contribution in [0, 0.1) is 16.7 Å². The fourth-order valence-corrected chi connectivity index (χ4v) is 6.70. The van der Waals surface area contributed by atoms with Crippen molar-refractivity contribution < 1.29 is 38.9 Å². The van der Waals surface area contributed by atoms with Crippen LogP contribution in [0.25, 0.3) is 0 Å². The van der Waals surface area contributed by atoms with Crippen LogP contribution < -0.4 is 21.3 Å². The van der Waals surface area contributed by atoms with E-state index >= 15 is 0 Å². The quantitative estimate of drug-likeness (QED) is 0.103. The minimum Gasteiger partial charge on any atom is -0.465 e. The smallest absolute Gasteiger partial charge is 0.405 e. The first-order chi connectivity index (χ1) is 19.8. The van der Waals surface area contributed by atoms with Crippen molar-refractivity contribution >= 4 is 24.0 Å². The van der Waals surface area contributed by atoms with E-state index in [2.05, 4.69) is 62.8 Å². The van der Waals surface area contributed by atoms with Crippen LogP contribution in [0.3, 0.4) is 0 Å². The van der Waals surface area contributed by atoms with Gasteiger partial charge in [-0.1, -0.05) is 53.7 Å². The zero-order valence-corrected chi connectivity index (χ0v) is 29.2. The number of amides is 4. The van der Waals surface area contributed by atoms with E-state index in [-0.39, 0.29) is 29.8 Å². The number of hydrogen-bond donors (Lipinski definition) is 6. The Bertz CT molecular complexity index is 962. The summed E-state index contributed by atoms with van der Waals surface area (Å²) in [6.07, 6.45) is 0.595. The topological polar surface area (TPSA) is 175 Å². The lowest BCUT2D eigenvalue weighted by Crippen LogP contribution is -2.57. The summed E-state index contributed by atoms with van der Waals surface area (Å²) >= 11 is 0. The van der Waals surface area contributed by atoms with Gasteiger partial charge < -0.3 is 41.0 Å². The SMILES string of the molecule is C[C@H](OC(C)(C)C)[C@@H](NC(=O)O)C(=O)NCCC=CCCNC(=O)[C@@H](NC(=O)O)[C@@H](C)OC(C)(C)C(C(C)(C)C)C(C)(C)C. The van der Waals surface area contributed by atoms with Crippen LogP contribution >= 0.6 is 0 Å². The predicted molar refractivity (Wildman–Crippen MR) is 172 cm³/mol. The average Bonchev–Trinajstić information content (AvgIpc) is 2.78. The Kier molecular flexibility index (Phi) is 15.9. The fourth-order valence-electron chi connectivity index (χ4n) is 6.70. The molecule has 12 nitrogen and oxygen atoms in total. The highest BCUT2D eigenvalue weighted by atomic mass is 16.5. The van der Waals surface area contributed by atoms with E-state index in [0.717, 1.165) is 0 Å². The van der Waals surface area contributed by atoms with Crippen molar-refractivity contribution in [2.24, 2.45) is 16.7 Å². The van der Waals surface area contributed by atoms with E-state index in [9.17, 15) is 24.3 Å². The molecule has 256 valence electrons. The summed E-state index contributed by atoms with van der Waals surface area (Å²) in [5.41, 5.74) is -1.42. The van der Waals surface area contributed by atoms with Crippen molar-refractivity contribution in [2.45, 2.75) is 138 Å². The monoisotopic (exact) mass is 628 g/mol. The van der Waals surface area contributed by atoms with E-state index in [1.807, 2.05) is 46.8 Å². The molecule has 44 heavy (non-hydrogen) atoms. The third-order valence-electron chi connectivity index (χ3n) is 6.91. The molecule has 6 N–H and O–H groups in total. The van der Waals surface area contributed by atoms with E-state index in [4.69, 9.17) is 14.6 Å². The van der Waals surface area contributed by atoms with Gasteiger partial charge in [0.05, 0.1) is 23.4 Å². The molecule has 0 aliphatic carbocycles. The second-order valence-electron chi connectivity index (χ2n) is 15.0. The van der Waals surface area contributed by atoms with Crippen molar-refractivity contribution in [3.63, 3.8) is 0 Å². The Morgan fingerprint density at radius 3 is 1.27 bits per heavy atom. The highest BCUT2D eigenvalue weighted by Crippen LogP contribution is 2.48. The molecule has 0 aromatic heterocycles. The minimum atomic E-state index is -1.32. The predicted octanol–water partition coefficient (Wildman–Crippen LogP) is 4.92. The summed E-state index contributed by atoms with van der Waals surface area (Å²) in [7, 11) is 0. The van der Waals surface area contributed by atoms with E-state index in [0.29, 0.717) is 12.8 Å². The van der Waals surface area contributed by atoms with Gasteiger partial charge in [-0.15, -0.1) is 0 Å². The van der Waals surface area contributed by atoms with E-state index in [1.165, 1.54) is 0 Å². The standard InChI is InChI=1S/C32H60N4O8/c1-20(43-31(9,10)11)22(35-27(39)40)24(37)33-18-16-14-15-17-19-34-25(38)23(36-28(41)42)21(2)44-32(12,13)26(29(3,4)5)30(6,7)8/h14-15,20-23,26,35-36H,16-19H2,1-13H3,(H,33,37)(H,34,38)(H,39,40)(H,41,42)/t20-,21+,22+,23-/m0/s1. The molecule has 4 atom stereocenters. The van der Waals surface area contributed by atoms with E-state index < -0.39 is 59.5 Å². The molecule has 0 fully saturated rings. The maximum atomic E-state index is 13.0. The Hall–Kier alpha value is -2.86. The van der Waals surface area contributed by atoms with Gasteiger partial charge in [0.2, 0.25) is 11.8 Å². The first-order valence-corrected chi connectivity index (χ1v) is 15.3. The molecule has 0 spiro atoms. The number of hydrogen-bond acceptors (Lipinski definition) is 6. The number of rotatable bonds is 16. The van der Waals surface area contributed by atoms with Crippen molar-refractivity contribution in [1.29, 1.82) is 0 Å². The van der Waals surface area contributed by atoms with Crippen molar-refractivity contribution in [2.75, 3.05) is 13.1 Å². The molecule has 12 heteroatoms. The molecule has 4 amide bonds. The summed E-state index contributed by atoms with van der Waals surface area (Å²) in [6, 6.07) is -2.17. The molecule has 0 unspecified atom stereocenters. The minimum absolute atomic E-state index is 0.0907. The van der Waals surface area contributed by atoms with Gasteiger partial charge in [-0.2, -0.15) is 0 Å². The molecule has 0 aromatic carbocycles. The highest BCUT2D eigenvalue weighted by molar-refractivity contribution is 5.86. The van der Waals surface area contributed by atoms with Gasteiger partial charge in [-0.05, 0) is 78.1 Å². The van der Waals surface area contributed by atoms with Gasteiger partial charge in [-0.25, -0.2) is 9.59 Å². The molecular formula is C32H60N4O8. The van der Waals surface area contributed by atoms with Gasteiger partial charge in [0.15, 0.2) is 0 Å². The van der Waals surface area contributed by atoms with E-state index in [1.54, 1.807) is 13.8 Å². The first kappa shape index (κ1) is 41.1. The lowest BCUT2D eigenvalue weighted by molar-refractivity contribution is -0.165. The van der Waals surface area contributed by atoms with Gasteiger partial charge in [-0.3, -0.25) is 9.59 Å². The fraction of sp³-hybridized carbons (Fsp3) is 0.812. The summed E-state index contributed by atoms with van der Waals surface area (Å²) < 4.78 is 12.2. The summed E-state index contributed by atoms with van der Waals surface area (Å²) in [5.74, 6) is -0.881. The summed E-state index contributed by atoms with van der Waals surface area (Å²) in [4.78, 5) is 48.3. The van der Waals surface area contributed by atoms with Gasteiger partial charge in [0.1, 0.15) is 12.1 Å². The third kappa shape index (κ3) is 15.7. The van der Waals surface area contributed by atoms with Crippen molar-refractivity contribution in [3.05, 3.63) is 12.2 Å². The average molecular weight is 629 g/mol. The Morgan fingerprint density at radius 1 is 0.636 bits per heavy atom. The molecule has 0 saturated carbocycles. The second kappa shape index (κ2) is 17.0. The van der Waals surface area contributed by atoms with Gasteiger partial charge in [0, 0.05) is 13.1 Å². The lowest BCUT2D eigenvalue weighted by Gasteiger charge is -2.51.